The number of amides is 1. The van der Waals surface area contributed by atoms with Crippen molar-refractivity contribution in [2.24, 2.45) is 5.73 Å². The van der Waals surface area contributed by atoms with Gasteiger partial charge >= 0.3 is 5.97 Å². The van der Waals surface area contributed by atoms with Crippen molar-refractivity contribution in [2.75, 3.05) is 11.9 Å². The molecule has 1 unspecified atom stereocenters. The molecular weight excluding hydrogens is 248 g/mol. The van der Waals surface area contributed by atoms with E-state index in [9.17, 15) is 14.4 Å². The van der Waals surface area contributed by atoms with Crippen molar-refractivity contribution in [3.63, 3.8) is 0 Å². The van der Waals surface area contributed by atoms with Crippen LogP contribution in [0.1, 0.15) is 22.3 Å². The molecule has 2 rings (SSSR count). The van der Waals surface area contributed by atoms with E-state index in [1.54, 1.807) is 25.2 Å². The zero-order valence-electron chi connectivity index (χ0n) is 10.4. The number of carboxylic acid groups (broad SMARTS) is 1. The fourth-order valence-corrected chi connectivity index (χ4v) is 2.12. The van der Waals surface area contributed by atoms with Crippen molar-refractivity contribution in [3.8, 4) is 0 Å². The van der Waals surface area contributed by atoms with Crippen LogP contribution in [0, 0.1) is 0 Å². The van der Waals surface area contributed by atoms with Crippen molar-refractivity contribution in [1.82, 2.24) is 0 Å². The van der Waals surface area contributed by atoms with E-state index in [-0.39, 0.29) is 12.3 Å². The average Bonchev–Trinajstić information content (AvgIpc) is 2.63. The van der Waals surface area contributed by atoms with Crippen LogP contribution in [0.25, 0.3) is 0 Å². The number of ketones is 1. The molecule has 19 heavy (non-hydrogen) atoms. The predicted molar refractivity (Wildman–Crippen MR) is 68.1 cm³/mol. The summed E-state index contributed by atoms with van der Waals surface area (Å²) in [6.45, 7) is 0. The number of likely N-dealkylation sites (N-methyl/N-ethyl adjacent to an activating group) is 1. The quantitative estimate of drug-likeness (QED) is 0.754. The molecule has 0 aliphatic carbocycles. The number of carboxylic acids is 1. The summed E-state index contributed by atoms with van der Waals surface area (Å²) in [5.74, 6) is -1.57. The highest BCUT2D eigenvalue weighted by atomic mass is 16.4. The Labute approximate surface area is 109 Å². The molecule has 1 atom stereocenters. The standard InChI is InChI=1S/C13H14N2O4/c1-15-10-3-2-7(4-8(10)5-11(15)16)13(19)9(14)6-12(17)18/h2-4,9H,5-6,14H2,1H3,(H,17,18). The lowest BCUT2D eigenvalue weighted by molar-refractivity contribution is -0.137. The molecule has 6 heteroatoms. The SMILES string of the molecule is CN1C(=O)Cc2cc(C(=O)C(N)CC(=O)O)ccc21. The van der Waals surface area contributed by atoms with Crippen LogP contribution in [0.2, 0.25) is 0 Å². The molecule has 1 amide bonds. The molecule has 0 radical (unpaired) electrons. The number of carbonyl (C=O) groups is 3. The smallest absolute Gasteiger partial charge is 0.305 e. The molecule has 1 aliphatic rings. The van der Waals surface area contributed by atoms with Crippen LogP contribution in [-0.2, 0) is 16.0 Å². The normalized spacial score (nSPS) is 15.3. The van der Waals surface area contributed by atoms with Gasteiger partial charge in [0.25, 0.3) is 0 Å². The second-order valence-electron chi connectivity index (χ2n) is 4.54. The minimum atomic E-state index is -1.11. The lowest BCUT2D eigenvalue weighted by Gasteiger charge is -2.11. The summed E-state index contributed by atoms with van der Waals surface area (Å²) in [5.41, 5.74) is 7.42. The largest absolute Gasteiger partial charge is 0.481 e. The molecule has 0 fully saturated rings. The Morgan fingerprint density at radius 3 is 2.79 bits per heavy atom. The minimum Gasteiger partial charge on any atom is -0.481 e. The monoisotopic (exact) mass is 262 g/mol. The Morgan fingerprint density at radius 1 is 1.47 bits per heavy atom. The number of carbonyl (C=O) groups excluding carboxylic acids is 2. The lowest BCUT2D eigenvalue weighted by Crippen LogP contribution is -2.33. The number of aliphatic carboxylic acids is 1. The molecule has 0 saturated heterocycles. The maximum absolute atomic E-state index is 12.0. The second-order valence-corrected chi connectivity index (χ2v) is 4.54. The van der Waals surface area contributed by atoms with E-state index in [2.05, 4.69) is 0 Å². The summed E-state index contributed by atoms with van der Waals surface area (Å²) < 4.78 is 0. The molecule has 0 spiro atoms. The van der Waals surface area contributed by atoms with Gasteiger partial charge < -0.3 is 15.7 Å². The number of fused-ring (bicyclic) bond motifs is 1. The van der Waals surface area contributed by atoms with E-state index >= 15 is 0 Å². The number of hydrogen-bond acceptors (Lipinski definition) is 4. The Bertz CT molecular complexity index is 568. The van der Waals surface area contributed by atoms with Gasteiger partial charge in [-0.25, -0.2) is 0 Å². The fraction of sp³-hybridized carbons (Fsp3) is 0.308. The van der Waals surface area contributed by atoms with Crippen molar-refractivity contribution in [1.29, 1.82) is 0 Å². The van der Waals surface area contributed by atoms with Crippen molar-refractivity contribution in [3.05, 3.63) is 29.3 Å². The van der Waals surface area contributed by atoms with Crippen molar-refractivity contribution < 1.29 is 19.5 Å². The van der Waals surface area contributed by atoms with Gasteiger partial charge in [0, 0.05) is 18.3 Å². The molecule has 1 heterocycles. The number of hydrogen-bond donors (Lipinski definition) is 2. The highest BCUT2D eigenvalue weighted by Crippen LogP contribution is 2.28. The third-order valence-electron chi connectivity index (χ3n) is 3.17. The van der Waals surface area contributed by atoms with Gasteiger partial charge in [0.2, 0.25) is 5.91 Å². The Balaban J connectivity index is 2.24. The van der Waals surface area contributed by atoms with E-state index in [0.717, 1.165) is 11.3 Å². The molecule has 1 aromatic carbocycles. The van der Waals surface area contributed by atoms with E-state index in [4.69, 9.17) is 10.8 Å². The molecule has 100 valence electrons. The lowest BCUT2D eigenvalue weighted by atomic mass is 9.99. The molecule has 1 aliphatic heterocycles. The third kappa shape index (κ3) is 2.48. The van der Waals surface area contributed by atoms with E-state index < -0.39 is 24.2 Å². The van der Waals surface area contributed by atoms with Crippen LogP contribution in [0.4, 0.5) is 5.69 Å². The van der Waals surface area contributed by atoms with Gasteiger partial charge in [-0.1, -0.05) is 0 Å². The van der Waals surface area contributed by atoms with Gasteiger partial charge in [0.1, 0.15) is 0 Å². The molecular formula is C13H14N2O4. The van der Waals surface area contributed by atoms with E-state index in [0.29, 0.717) is 5.56 Å². The van der Waals surface area contributed by atoms with Crippen LogP contribution in [0.15, 0.2) is 18.2 Å². The Morgan fingerprint density at radius 2 is 2.16 bits per heavy atom. The van der Waals surface area contributed by atoms with Crippen LogP contribution < -0.4 is 10.6 Å². The fourth-order valence-electron chi connectivity index (χ4n) is 2.12. The first-order valence-corrected chi connectivity index (χ1v) is 5.81. The Hall–Kier alpha value is -2.21. The number of Topliss-reactive ketones (excluding diaryl/α,β-unsaturated/α-hetero) is 1. The third-order valence-corrected chi connectivity index (χ3v) is 3.17. The summed E-state index contributed by atoms with van der Waals surface area (Å²) in [6, 6.07) is 3.80. The zero-order valence-corrected chi connectivity index (χ0v) is 10.4. The van der Waals surface area contributed by atoms with Gasteiger partial charge in [0.05, 0.1) is 18.9 Å². The maximum atomic E-state index is 12.0. The second kappa shape index (κ2) is 4.81. The first-order valence-electron chi connectivity index (χ1n) is 5.81. The number of rotatable bonds is 4. The predicted octanol–water partition coefficient (Wildman–Crippen LogP) is 0.190. The molecule has 6 nitrogen and oxygen atoms in total. The van der Waals surface area contributed by atoms with Crippen LogP contribution in [0.3, 0.4) is 0 Å². The van der Waals surface area contributed by atoms with E-state index in [1.165, 1.54) is 4.90 Å². The zero-order chi connectivity index (χ0) is 14.2. The highest BCUT2D eigenvalue weighted by molar-refractivity contribution is 6.05. The van der Waals surface area contributed by atoms with Gasteiger partial charge in [-0.3, -0.25) is 14.4 Å². The number of nitrogens with zero attached hydrogens (tertiary/aromatic N) is 1. The highest BCUT2D eigenvalue weighted by Gasteiger charge is 2.26. The summed E-state index contributed by atoms with van der Waals surface area (Å²) in [6.07, 6.45) is -0.157. The first kappa shape index (κ1) is 13.2. The summed E-state index contributed by atoms with van der Waals surface area (Å²) in [5, 5.41) is 8.62. The molecule has 3 N–H and O–H groups in total. The summed E-state index contributed by atoms with van der Waals surface area (Å²) in [7, 11) is 1.67. The molecule has 0 aromatic heterocycles. The van der Waals surface area contributed by atoms with Gasteiger partial charge in [-0.2, -0.15) is 0 Å². The topological polar surface area (TPSA) is 101 Å². The summed E-state index contributed by atoms with van der Waals surface area (Å²) in [4.78, 5) is 35.5. The van der Waals surface area contributed by atoms with Crippen LogP contribution in [0.5, 0.6) is 0 Å². The molecule has 0 saturated carbocycles. The number of benzene rings is 1. The van der Waals surface area contributed by atoms with Gasteiger partial charge in [0.15, 0.2) is 5.78 Å². The minimum absolute atomic E-state index is 0.0329. The summed E-state index contributed by atoms with van der Waals surface area (Å²) >= 11 is 0. The average molecular weight is 262 g/mol. The Kier molecular flexibility index (Phi) is 3.35. The van der Waals surface area contributed by atoms with Crippen molar-refractivity contribution >= 4 is 23.3 Å². The first-order chi connectivity index (χ1) is 8.90. The number of nitrogens with two attached hydrogens (primary N) is 1. The van der Waals surface area contributed by atoms with Gasteiger partial charge in [-0.15, -0.1) is 0 Å². The van der Waals surface area contributed by atoms with E-state index in [1.807, 2.05) is 0 Å². The number of anilines is 1. The van der Waals surface area contributed by atoms with Crippen molar-refractivity contribution in [2.45, 2.75) is 18.9 Å². The van der Waals surface area contributed by atoms with Crippen LogP contribution in [-0.4, -0.2) is 35.9 Å². The van der Waals surface area contributed by atoms with Gasteiger partial charge in [-0.05, 0) is 23.8 Å². The van der Waals surface area contributed by atoms with Crippen LogP contribution >= 0.6 is 0 Å². The molecule has 0 bridgehead atoms. The maximum Gasteiger partial charge on any atom is 0.305 e. The molecule has 1 aromatic rings.